The molecule has 0 radical (unpaired) electrons. The average molecular weight is 519 g/mol. The Morgan fingerprint density at radius 2 is 1.50 bits per heavy atom. The van der Waals surface area contributed by atoms with Gasteiger partial charge in [0.15, 0.2) is 24.0 Å². The van der Waals surface area contributed by atoms with Crippen molar-refractivity contribution in [2.75, 3.05) is 13.2 Å². The Morgan fingerprint density at radius 3 is 1.94 bits per heavy atom. The summed E-state index contributed by atoms with van der Waals surface area (Å²) in [6, 6.07) is 0. The Hall–Kier alpha value is -3.62. The van der Waals surface area contributed by atoms with Gasteiger partial charge in [-0.2, -0.15) is 0 Å². The molecule has 0 saturated carbocycles. The summed E-state index contributed by atoms with van der Waals surface area (Å²) < 4.78 is 31.3. The number of nitrogens with zero attached hydrogens (tertiary/aromatic N) is 1. The van der Waals surface area contributed by atoms with Crippen LogP contribution in [-0.2, 0) is 57.2 Å². The molecule has 0 aliphatic carbocycles. The molecule has 1 saturated heterocycles. The maximum atomic E-state index is 12.4. The fraction of sp³-hybridized carbons (Fsp3) is 0.714. The first-order valence-corrected chi connectivity index (χ1v) is 10.8. The summed E-state index contributed by atoms with van der Waals surface area (Å²) in [5.41, 5.74) is -2.45. The minimum absolute atomic E-state index is 0.0543. The standard InChI is InChI=1S/C21H29NO14/c1-10(23)32-9-16(33-11(2)24)21(36-14(5)27,15-6-7-31-17(8-15)22-30)19(35-13(4)26)18(20(28)29)34-12(3)25/h15-19H,6-9H2,1-5H3,(H,28,29). The van der Waals surface area contributed by atoms with Crippen LogP contribution in [-0.4, -0.2) is 84.3 Å². The molecule has 6 atom stereocenters. The van der Waals surface area contributed by atoms with Crippen molar-refractivity contribution in [3.63, 3.8) is 0 Å². The van der Waals surface area contributed by atoms with Crippen LogP contribution in [0.4, 0.5) is 0 Å². The number of carboxylic acid groups (broad SMARTS) is 1. The van der Waals surface area contributed by atoms with Gasteiger partial charge in [-0.05, 0) is 11.6 Å². The first-order chi connectivity index (χ1) is 16.7. The van der Waals surface area contributed by atoms with Gasteiger partial charge >= 0.3 is 35.8 Å². The fourth-order valence-corrected chi connectivity index (χ4v) is 4.03. The van der Waals surface area contributed by atoms with Gasteiger partial charge in [0.1, 0.15) is 6.61 Å². The third-order valence-corrected chi connectivity index (χ3v) is 5.14. The van der Waals surface area contributed by atoms with Crippen molar-refractivity contribution in [3.8, 4) is 0 Å². The smallest absolute Gasteiger partial charge is 0.349 e. The van der Waals surface area contributed by atoms with Crippen molar-refractivity contribution < 1.29 is 62.3 Å². The molecule has 0 aromatic carbocycles. The molecular formula is C21H29NO14. The second-order valence-corrected chi connectivity index (χ2v) is 7.90. The van der Waals surface area contributed by atoms with E-state index in [0.717, 1.165) is 34.6 Å². The number of hydrogen-bond donors (Lipinski definition) is 1. The number of aliphatic carboxylic acids is 1. The van der Waals surface area contributed by atoms with Crippen LogP contribution in [0.15, 0.2) is 5.18 Å². The molecule has 1 rings (SSSR count). The number of carbonyl (C=O) groups is 6. The molecule has 0 aromatic rings. The van der Waals surface area contributed by atoms with E-state index in [2.05, 4.69) is 5.18 Å². The fourth-order valence-electron chi connectivity index (χ4n) is 4.03. The van der Waals surface area contributed by atoms with Crippen LogP contribution in [0, 0.1) is 10.8 Å². The minimum Gasteiger partial charge on any atom is -0.478 e. The highest BCUT2D eigenvalue weighted by atomic mass is 16.7. The molecular weight excluding hydrogens is 490 g/mol. The molecule has 36 heavy (non-hydrogen) atoms. The lowest BCUT2D eigenvalue weighted by Crippen LogP contribution is -2.68. The lowest BCUT2D eigenvalue weighted by Gasteiger charge is -2.49. The van der Waals surface area contributed by atoms with Crippen molar-refractivity contribution >= 4 is 35.8 Å². The van der Waals surface area contributed by atoms with Gasteiger partial charge in [-0.3, -0.25) is 24.0 Å². The van der Waals surface area contributed by atoms with E-state index < -0.39 is 78.5 Å². The molecule has 1 heterocycles. The van der Waals surface area contributed by atoms with Gasteiger partial charge in [0, 0.05) is 53.6 Å². The topological polar surface area (TPSA) is 207 Å². The molecule has 0 spiro atoms. The summed E-state index contributed by atoms with van der Waals surface area (Å²) in [5, 5.41) is 12.7. The maximum Gasteiger partial charge on any atom is 0.349 e. The Kier molecular flexibility index (Phi) is 11.4. The second-order valence-electron chi connectivity index (χ2n) is 7.90. The van der Waals surface area contributed by atoms with Gasteiger partial charge in [0.2, 0.25) is 6.10 Å². The molecule has 1 aliphatic heterocycles. The SMILES string of the molecule is CC(=O)OCC(OC(C)=O)C(OC(C)=O)(C1CCOC(N=O)C1)C(OC(C)=O)C(OC(C)=O)C(=O)O. The molecule has 15 nitrogen and oxygen atoms in total. The number of carbonyl (C=O) groups excluding carboxylic acids is 5. The highest BCUT2D eigenvalue weighted by Crippen LogP contribution is 2.43. The quantitative estimate of drug-likeness (QED) is 0.208. The molecule has 1 N–H and O–H groups in total. The van der Waals surface area contributed by atoms with Crippen LogP contribution < -0.4 is 0 Å². The van der Waals surface area contributed by atoms with Crippen LogP contribution in [0.1, 0.15) is 47.5 Å². The molecule has 0 aromatic heterocycles. The number of rotatable bonds is 12. The molecule has 0 bridgehead atoms. The Morgan fingerprint density at radius 1 is 0.917 bits per heavy atom. The number of ether oxygens (including phenoxy) is 6. The predicted octanol–water partition coefficient (Wildman–Crippen LogP) is 0.250. The van der Waals surface area contributed by atoms with Gasteiger partial charge in [0.05, 0.1) is 0 Å². The van der Waals surface area contributed by atoms with E-state index in [0.29, 0.717) is 0 Å². The van der Waals surface area contributed by atoms with E-state index in [9.17, 15) is 38.8 Å². The largest absolute Gasteiger partial charge is 0.478 e. The predicted molar refractivity (Wildman–Crippen MR) is 114 cm³/mol. The van der Waals surface area contributed by atoms with Crippen molar-refractivity contribution in [2.24, 2.45) is 11.1 Å². The third kappa shape index (κ3) is 8.25. The van der Waals surface area contributed by atoms with E-state index >= 15 is 0 Å². The van der Waals surface area contributed by atoms with E-state index in [4.69, 9.17) is 28.4 Å². The molecule has 1 aliphatic rings. The van der Waals surface area contributed by atoms with E-state index in [1.54, 1.807) is 0 Å². The first-order valence-electron chi connectivity index (χ1n) is 10.8. The van der Waals surface area contributed by atoms with E-state index in [1.807, 2.05) is 0 Å². The molecule has 6 unspecified atom stereocenters. The van der Waals surface area contributed by atoms with Gasteiger partial charge in [-0.15, -0.1) is 4.91 Å². The lowest BCUT2D eigenvalue weighted by atomic mass is 9.71. The van der Waals surface area contributed by atoms with Crippen molar-refractivity contribution in [2.45, 2.75) is 77.6 Å². The van der Waals surface area contributed by atoms with Gasteiger partial charge in [0.25, 0.3) is 0 Å². The van der Waals surface area contributed by atoms with Crippen LogP contribution >= 0.6 is 0 Å². The maximum absolute atomic E-state index is 12.4. The number of nitroso groups, excluding NO2 is 1. The summed E-state index contributed by atoms with van der Waals surface area (Å²) in [6.07, 6.45) is -7.90. The highest BCUT2D eigenvalue weighted by Gasteiger charge is 2.63. The first kappa shape index (κ1) is 30.4. The summed E-state index contributed by atoms with van der Waals surface area (Å²) in [7, 11) is 0. The van der Waals surface area contributed by atoms with Crippen LogP contribution in [0.2, 0.25) is 0 Å². The summed E-state index contributed by atoms with van der Waals surface area (Å²) in [4.78, 5) is 83.4. The Bertz CT molecular complexity index is 873. The molecule has 15 heteroatoms. The zero-order valence-corrected chi connectivity index (χ0v) is 20.4. The van der Waals surface area contributed by atoms with Crippen LogP contribution in [0.5, 0.6) is 0 Å². The van der Waals surface area contributed by atoms with Crippen LogP contribution in [0.25, 0.3) is 0 Å². The summed E-state index contributed by atoms with van der Waals surface area (Å²) in [6.45, 7) is 3.79. The zero-order chi connectivity index (χ0) is 27.6. The van der Waals surface area contributed by atoms with Crippen molar-refractivity contribution in [3.05, 3.63) is 4.91 Å². The third-order valence-electron chi connectivity index (χ3n) is 5.14. The van der Waals surface area contributed by atoms with E-state index in [1.165, 1.54) is 0 Å². The van der Waals surface area contributed by atoms with Gasteiger partial charge < -0.3 is 33.5 Å². The number of carboxylic acids is 1. The Labute approximate surface area is 205 Å². The second kappa shape index (κ2) is 13.5. The highest BCUT2D eigenvalue weighted by molar-refractivity contribution is 5.79. The monoisotopic (exact) mass is 519 g/mol. The summed E-state index contributed by atoms with van der Waals surface area (Å²) in [5.74, 6) is -8.00. The summed E-state index contributed by atoms with van der Waals surface area (Å²) >= 11 is 0. The number of esters is 5. The molecule has 202 valence electrons. The van der Waals surface area contributed by atoms with Gasteiger partial charge in [-0.25, -0.2) is 4.79 Å². The lowest BCUT2D eigenvalue weighted by molar-refractivity contribution is -0.257. The average Bonchev–Trinajstić information content (AvgIpc) is 2.76. The molecule has 0 amide bonds. The minimum atomic E-state index is -2.45. The van der Waals surface area contributed by atoms with Crippen LogP contribution in [0.3, 0.4) is 0 Å². The van der Waals surface area contributed by atoms with Gasteiger partial charge in [-0.1, -0.05) is 0 Å². The Balaban J connectivity index is 4.02. The zero-order valence-electron chi connectivity index (χ0n) is 20.4. The van der Waals surface area contributed by atoms with E-state index in [-0.39, 0.29) is 19.4 Å². The normalized spacial score (nSPS) is 21.4. The van der Waals surface area contributed by atoms with Crippen molar-refractivity contribution in [1.29, 1.82) is 0 Å². The number of hydrogen-bond acceptors (Lipinski definition) is 14. The molecule has 1 fully saturated rings. The van der Waals surface area contributed by atoms with Crippen molar-refractivity contribution in [1.82, 2.24) is 0 Å².